The highest BCUT2D eigenvalue weighted by Gasteiger charge is 2.31. The summed E-state index contributed by atoms with van der Waals surface area (Å²) >= 11 is 0. The van der Waals surface area contributed by atoms with Crippen molar-refractivity contribution in [3.8, 4) is 0 Å². The van der Waals surface area contributed by atoms with E-state index in [0.717, 1.165) is 25.9 Å². The van der Waals surface area contributed by atoms with Gasteiger partial charge in [0.15, 0.2) is 0 Å². The van der Waals surface area contributed by atoms with Crippen molar-refractivity contribution in [3.05, 3.63) is 0 Å². The first-order chi connectivity index (χ1) is 6.13. The molecule has 76 valence electrons. The third-order valence-corrected chi connectivity index (χ3v) is 2.85. The standard InChI is InChI=1S/C10H19NO2/c1-7(2)9(10(12)13)8-4-3-5-11-6-8/h7-9,11H,3-6H2,1-2H3,(H,12,13). The van der Waals surface area contributed by atoms with Crippen LogP contribution in [0.25, 0.3) is 0 Å². The average Bonchev–Trinajstić information content (AvgIpc) is 2.04. The minimum Gasteiger partial charge on any atom is -0.481 e. The van der Waals surface area contributed by atoms with Crippen molar-refractivity contribution in [2.24, 2.45) is 17.8 Å². The molecule has 1 rings (SSSR count). The van der Waals surface area contributed by atoms with Crippen molar-refractivity contribution in [2.75, 3.05) is 13.1 Å². The maximum absolute atomic E-state index is 11.0. The first-order valence-electron chi connectivity index (χ1n) is 5.06. The smallest absolute Gasteiger partial charge is 0.307 e. The number of nitrogens with one attached hydrogen (secondary N) is 1. The van der Waals surface area contributed by atoms with Gasteiger partial charge in [-0.05, 0) is 37.8 Å². The number of hydrogen-bond acceptors (Lipinski definition) is 2. The molecule has 1 aliphatic heterocycles. The van der Waals surface area contributed by atoms with Crippen LogP contribution in [0.3, 0.4) is 0 Å². The lowest BCUT2D eigenvalue weighted by Gasteiger charge is -2.30. The lowest BCUT2D eigenvalue weighted by atomic mass is 9.79. The van der Waals surface area contributed by atoms with Crippen molar-refractivity contribution >= 4 is 5.97 Å². The number of carboxylic acids is 1. The maximum Gasteiger partial charge on any atom is 0.307 e. The summed E-state index contributed by atoms with van der Waals surface area (Å²) in [7, 11) is 0. The van der Waals surface area contributed by atoms with E-state index >= 15 is 0 Å². The molecule has 2 N–H and O–H groups in total. The summed E-state index contributed by atoms with van der Waals surface area (Å²) in [4.78, 5) is 11.0. The fourth-order valence-electron chi connectivity index (χ4n) is 2.22. The van der Waals surface area contributed by atoms with Crippen molar-refractivity contribution in [1.29, 1.82) is 0 Å². The van der Waals surface area contributed by atoms with Crippen LogP contribution < -0.4 is 5.32 Å². The SMILES string of the molecule is CC(C)C(C(=O)O)C1CCCNC1. The molecular formula is C10H19NO2. The summed E-state index contributed by atoms with van der Waals surface area (Å²) in [6, 6.07) is 0. The van der Waals surface area contributed by atoms with E-state index in [2.05, 4.69) is 5.32 Å². The van der Waals surface area contributed by atoms with Crippen LogP contribution in [-0.2, 0) is 4.79 Å². The Hall–Kier alpha value is -0.570. The number of aliphatic carboxylic acids is 1. The van der Waals surface area contributed by atoms with Crippen molar-refractivity contribution < 1.29 is 9.90 Å². The van der Waals surface area contributed by atoms with Crippen molar-refractivity contribution in [2.45, 2.75) is 26.7 Å². The molecule has 2 atom stereocenters. The number of carbonyl (C=O) groups is 1. The topological polar surface area (TPSA) is 49.3 Å². The van der Waals surface area contributed by atoms with Gasteiger partial charge in [-0.15, -0.1) is 0 Å². The zero-order chi connectivity index (χ0) is 9.84. The van der Waals surface area contributed by atoms with Crippen LogP contribution >= 0.6 is 0 Å². The predicted molar refractivity (Wildman–Crippen MR) is 51.6 cm³/mol. The Morgan fingerprint density at radius 2 is 2.23 bits per heavy atom. The van der Waals surface area contributed by atoms with Crippen LogP contribution in [0.2, 0.25) is 0 Å². The molecule has 3 heteroatoms. The second-order valence-electron chi connectivity index (χ2n) is 4.21. The van der Waals surface area contributed by atoms with Crippen LogP contribution in [0.15, 0.2) is 0 Å². The zero-order valence-electron chi connectivity index (χ0n) is 8.42. The minimum absolute atomic E-state index is 0.173. The van der Waals surface area contributed by atoms with Gasteiger partial charge in [-0.1, -0.05) is 13.8 Å². The molecule has 0 bridgehead atoms. The fraction of sp³-hybridized carbons (Fsp3) is 0.900. The summed E-state index contributed by atoms with van der Waals surface area (Å²) in [5, 5.41) is 12.3. The van der Waals surface area contributed by atoms with Crippen molar-refractivity contribution in [1.82, 2.24) is 5.32 Å². The van der Waals surface area contributed by atoms with E-state index in [1.807, 2.05) is 13.8 Å². The molecular weight excluding hydrogens is 166 g/mol. The van der Waals surface area contributed by atoms with Gasteiger partial charge in [0.2, 0.25) is 0 Å². The van der Waals surface area contributed by atoms with Gasteiger partial charge < -0.3 is 10.4 Å². The van der Waals surface area contributed by atoms with Crippen LogP contribution in [0.4, 0.5) is 0 Å². The van der Waals surface area contributed by atoms with Gasteiger partial charge in [-0.3, -0.25) is 4.79 Å². The highest BCUT2D eigenvalue weighted by molar-refractivity contribution is 5.70. The second-order valence-corrected chi connectivity index (χ2v) is 4.21. The van der Waals surface area contributed by atoms with Gasteiger partial charge in [0.25, 0.3) is 0 Å². The quantitative estimate of drug-likeness (QED) is 0.697. The number of carboxylic acid groups (broad SMARTS) is 1. The summed E-state index contributed by atoms with van der Waals surface area (Å²) in [6.45, 7) is 5.90. The summed E-state index contributed by atoms with van der Waals surface area (Å²) in [5.41, 5.74) is 0. The normalized spacial score (nSPS) is 25.9. The number of rotatable bonds is 3. The number of hydrogen-bond donors (Lipinski definition) is 2. The summed E-state index contributed by atoms with van der Waals surface area (Å²) in [6.07, 6.45) is 2.17. The molecule has 0 radical (unpaired) electrons. The van der Waals surface area contributed by atoms with Crippen LogP contribution in [0.5, 0.6) is 0 Å². The molecule has 1 fully saturated rings. The minimum atomic E-state index is -0.635. The Morgan fingerprint density at radius 3 is 2.62 bits per heavy atom. The molecule has 1 heterocycles. The molecule has 0 aromatic rings. The molecule has 0 aromatic carbocycles. The first-order valence-corrected chi connectivity index (χ1v) is 5.06. The van der Waals surface area contributed by atoms with Gasteiger partial charge >= 0.3 is 5.97 Å². The van der Waals surface area contributed by atoms with Crippen LogP contribution in [0.1, 0.15) is 26.7 Å². The van der Waals surface area contributed by atoms with Crippen LogP contribution in [-0.4, -0.2) is 24.2 Å². The van der Waals surface area contributed by atoms with Crippen molar-refractivity contribution in [3.63, 3.8) is 0 Å². The molecule has 1 aliphatic rings. The molecule has 0 saturated carbocycles. The lowest BCUT2D eigenvalue weighted by molar-refractivity contribution is -0.145. The molecule has 13 heavy (non-hydrogen) atoms. The van der Waals surface area contributed by atoms with Gasteiger partial charge in [-0.25, -0.2) is 0 Å². The van der Waals surface area contributed by atoms with Gasteiger partial charge in [0.1, 0.15) is 0 Å². The average molecular weight is 185 g/mol. The molecule has 0 amide bonds. The maximum atomic E-state index is 11.0. The van der Waals surface area contributed by atoms with Gasteiger partial charge in [0.05, 0.1) is 5.92 Å². The van der Waals surface area contributed by atoms with Crippen LogP contribution in [0, 0.1) is 17.8 Å². The third kappa shape index (κ3) is 2.69. The largest absolute Gasteiger partial charge is 0.481 e. The van der Waals surface area contributed by atoms with E-state index < -0.39 is 5.97 Å². The second kappa shape index (κ2) is 4.61. The molecule has 2 unspecified atom stereocenters. The first kappa shape index (κ1) is 10.5. The number of piperidine rings is 1. The Kier molecular flexibility index (Phi) is 3.72. The monoisotopic (exact) mass is 185 g/mol. The molecule has 0 spiro atoms. The highest BCUT2D eigenvalue weighted by atomic mass is 16.4. The third-order valence-electron chi connectivity index (χ3n) is 2.85. The Balaban J connectivity index is 2.57. The Morgan fingerprint density at radius 1 is 1.54 bits per heavy atom. The Bertz CT molecular complexity index is 174. The van der Waals surface area contributed by atoms with E-state index in [9.17, 15) is 4.79 Å². The molecule has 0 aromatic heterocycles. The summed E-state index contributed by atoms with van der Waals surface area (Å²) in [5.74, 6) is -0.245. The van der Waals surface area contributed by atoms with E-state index in [-0.39, 0.29) is 11.8 Å². The fourth-order valence-corrected chi connectivity index (χ4v) is 2.22. The Labute approximate surface area is 79.5 Å². The van der Waals surface area contributed by atoms with E-state index in [1.54, 1.807) is 0 Å². The van der Waals surface area contributed by atoms with E-state index in [0.29, 0.717) is 5.92 Å². The van der Waals surface area contributed by atoms with E-state index in [1.165, 1.54) is 0 Å². The molecule has 3 nitrogen and oxygen atoms in total. The van der Waals surface area contributed by atoms with Gasteiger partial charge in [0, 0.05) is 0 Å². The predicted octanol–water partition coefficient (Wildman–Crippen LogP) is 1.34. The molecule has 0 aliphatic carbocycles. The van der Waals surface area contributed by atoms with E-state index in [4.69, 9.17) is 5.11 Å². The molecule has 1 saturated heterocycles. The highest BCUT2D eigenvalue weighted by Crippen LogP contribution is 2.26. The van der Waals surface area contributed by atoms with Gasteiger partial charge in [-0.2, -0.15) is 0 Å². The zero-order valence-corrected chi connectivity index (χ0v) is 8.42. The lowest BCUT2D eigenvalue weighted by Crippen LogP contribution is -2.39. The summed E-state index contributed by atoms with van der Waals surface area (Å²) < 4.78 is 0.